The van der Waals surface area contributed by atoms with Crippen LogP contribution in [-0.4, -0.2) is 11.1 Å². The lowest BCUT2D eigenvalue weighted by molar-refractivity contribution is -0.140. The van der Waals surface area contributed by atoms with Crippen molar-refractivity contribution in [3.63, 3.8) is 0 Å². The summed E-state index contributed by atoms with van der Waals surface area (Å²) in [6, 6.07) is 1.90. The number of halogens is 4. The summed E-state index contributed by atoms with van der Waals surface area (Å²) in [5.74, 6) is -2.44. The van der Waals surface area contributed by atoms with Crippen LogP contribution in [0.1, 0.15) is 23.1 Å². The largest absolute Gasteiger partial charge is 0.481 e. The van der Waals surface area contributed by atoms with Gasteiger partial charge in [-0.1, -0.05) is 6.07 Å². The highest BCUT2D eigenvalue weighted by Crippen LogP contribution is 2.34. The molecule has 0 unspecified atom stereocenters. The standard InChI is InChI=1S/C11H10F4O2/c1-6-4-7(2-3-9(16)17)5-8(12)10(6)11(13,14)15/h4-5H,2-3H2,1H3,(H,16,17). The van der Waals surface area contributed by atoms with Crippen LogP contribution in [0.15, 0.2) is 12.1 Å². The molecule has 0 aliphatic rings. The Labute approximate surface area is 94.9 Å². The van der Waals surface area contributed by atoms with Crippen LogP contribution in [0, 0.1) is 12.7 Å². The lowest BCUT2D eigenvalue weighted by atomic mass is 10.0. The summed E-state index contributed by atoms with van der Waals surface area (Å²) in [5, 5.41) is 8.42. The van der Waals surface area contributed by atoms with Crippen molar-refractivity contribution in [3.8, 4) is 0 Å². The van der Waals surface area contributed by atoms with Crippen molar-refractivity contribution in [2.24, 2.45) is 0 Å². The van der Waals surface area contributed by atoms with Crippen LogP contribution in [-0.2, 0) is 17.4 Å². The number of aliphatic carboxylic acids is 1. The molecular formula is C11H10F4O2. The van der Waals surface area contributed by atoms with Gasteiger partial charge >= 0.3 is 12.1 Å². The van der Waals surface area contributed by atoms with Crippen LogP contribution < -0.4 is 0 Å². The Hall–Kier alpha value is -1.59. The molecule has 94 valence electrons. The minimum atomic E-state index is -4.74. The molecule has 0 fully saturated rings. The van der Waals surface area contributed by atoms with Gasteiger partial charge in [-0.15, -0.1) is 0 Å². The van der Waals surface area contributed by atoms with Crippen molar-refractivity contribution >= 4 is 5.97 Å². The van der Waals surface area contributed by atoms with Crippen LogP contribution in [0.2, 0.25) is 0 Å². The number of hydrogen-bond donors (Lipinski definition) is 1. The quantitative estimate of drug-likeness (QED) is 0.836. The van der Waals surface area contributed by atoms with Crippen LogP contribution in [0.4, 0.5) is 17.6 Å². The Kier molecular flexibility index (Phi) is 3.75. The summed E-state index contributed by atoms with van der Waals surface area (Å²) in [4.78, 5) is 10.3. The normalized spacial score (nSPS) is 11.6. The SMILES string of the molecule is Cc1cc(CCC(=O)O)cc(F)c1C(F)(F)F. The van der Waals surface area contributed by atoms with Gasteiger partial charge in [0, 0.05) is 6.42 Å². The van der Waals surface area contributed by atoms with E-state index in [4.69, 9.17) is 5.11 Å². The molecule has 1 rings (SSSR count). The molecule has 0 aromatic heterocycles. The fraction of sp³-hybridized carbons (Fsp3) is 0.364. The fourth-order valence-corrected chi connectivity index (χ4v) is 1.57. The van der Waals surface area contributed by atoms with Gasteiger partial charge in [0.15, 0.2) is 0 Å². The highest BCUT2D eigenvalue weighted by Gasteiger charge is 2.35. The first-order valence-electron chi connectivity index (χ1n) is 4.80. The van der Waals surface area contributed by atoms with E-state index in [0.29, 0.717) is 0 Å². The minimum absolute atomic E-state index is 0.00519. The Balaban J connectivity index is 3.06. The molecule has 2 nitrogen and oxygen atoms in total. The highest BCUT2D eigenvalue weighted by molar-refractivity contribution is 5.67. The van der Waals surface area contributed by atoms with E-state index in [9.17, 15) is 22.4 Å². The number of carboxylic acids is 1. The van der Waals surface area contributed by atoms with Gasteiger partial charge in [-0.05, 0) is 30.5 Å². The Morgan fingerprint density at radius 2 is 1.94 bits per heavy atom. The topological polar surface area (TPSA) is 37.3 Å². The molecule has 17 heavy (non-hydrogen) atoms. The van der Waals surface area contributed by atoms with Crippen molar-refractivity contribution in [1.82, 2.24) is 0 Å². The molecule has 0 spiro atoms. The summed E-state index contributed by atoms with van der Waals surface area (Å²) < 4.78 is 50.5. The Bertz CT molecular complexity index is 415. The van der Waals surface area contributed by atoms with E-state index in [1.54, 1.807) is 0 Å². The van der Waals surface area contributed by atoms with Crippen LogP contribution in [0.25, 0.3) is 0 Å². The summed E-state index contributed by atoms with van der Waals surface area (Å²) >= 11 is 0. The zero-order chi connectivity index (χ0) is 13.2. The highest BCUT2D eigenvalue weighted by atomic mass is 19.4. The molecule has 0 heterocycles. The fourth-order valence-electron chi connectivity index (χ4n) is 1.57. The molecule has 1 N–H and O–H groups in total. The van der Waals surface area contributed by atoms with E-state index >= 15 is 0 Å². The molecule has 0 radical (unpaired) electrons. The molecular weight excluding hydrogens is 240 g/mol. The lowest BCUT2D eigenvalue weighted by Gasteiger charge is -2.12. The second-order valence-corrected chi connectivity index (χ2v) is 3.66. The minimum Gasteiger partial charge on any atom is -0.481 e. The van der Waals surface area contributed by atoms with Crippen molar-refractivity contribution in [2.75, 3.05) is 0 Å². The number of aryl methyl sites for hydroxylation is 2. The van der Waals surface area contributed by atoms with E-state index < -0.39 is 23.5 Å². The summed E-state index contributed by atoms with van der Waals surface area (Å²) in [7, 11) is 0. The first-order valence-corrected chi connectivity index (χ1v) is 4.80. The monoisotopic (exact) mass is 250 g/mol. The third kappa shape index (κ3) is 3.44. The number of rotatable bonds is 3. The average Bonchev–Trinajstić information content (AvgIpc) is 2.11. The Morgan fingerprint density at radius 3 is 2.35 bits per heavy atom. The van der Waals surface area contributed by atoms with Gasteiger partial charge in [0.1, 0.15) is 5.82 Å². The predicted molar refractivity (Wildman–Crippen MR) is 52.1 cm³/mol. The van der Waals surface area contributed by atoms with Crippen molar-refractivity contribution in [2.45, 2.75) is 25.9 Å². The van der Waals surface area contributed by atoms with Crippen molar-refractivity contribution in [1.29, 1.82) is 0 Å². The third-order valence-corrected chi connectivity index (χ3v) is 2.26. The van der Waals surface area contributed by atoms with Gasteiger partial charge in [0.25, 0.3) is 0 Å². The number of carbonyl (C=O) groups is 1. The maximum atomic E-state index is 13.3. The van der Waals surface area contributed by atoms with Crippen LogP contribution in [0.3, 0.4) is 0 Å². The zero-order valence-electron chi connectivity index (χ0n) is 8.94. The molecule has 0 saturated carbocycles. The molecule has 1 aromatic rings. The maximum absolute atomic E-state index is 13.3. The average molecular weight is 250 g/mol. The number of benzene rings is 1. The van der Waals surface area contributed by atoms with Crippen molar-refractivity contribution < 1.29 is 27.5 Å². The molecule has 6 heteroatoms. The van der Waals surface area contributed by atoms with E-state index in [1.807, 2.05) is 0 Å². The molecule has 0 aliphatic heterocycles. The van der Waals surface area contributed by atoms with E-state index in [-0.39, 0.29) is 24.0 Å². The van der Waals surface area contributed by atoms with Gasteiger partial charge in [-0.2, -0.15) is 13.2 Å². The van der Waals surface area contributed by atoms with E-state index in [2.05, 4.69) is 0 Å². The van der Waals surface area contributed by atoms with Gasteiger partial charge in [0.05, 0.1) is 5.56 Å². The summed E-state index contributed by atoms with van der Waals surface area (Å²) in [5.41, 5.74) is -1.29. The van der Waals surface area contributed by atoms with E-state index in [1.165, 1.54) is 0 Å². The number of hydrogen-bond acceptors (Lipinski definition) is 1. The predicted octanol–water partition coefficient (Wildman–Crippen LogP) is 3.17. The van der Waals surface area contributed by atoms with Gasteiger partial charge in [-0.3, -0.25) is 4.79 Å². The molecule has 0 atom stereocenters. The van der Waals surface area contributed by atoms with Gasteiger partial charge in [-0.25, -0.2) is 4.39 Å². The molecule has 0 saturated heterocycles. The zero-order valence-corrected chi connectivity index (χ0v) is 8.94. The van der Waals surface area contributed by atoms with Crippen molar-refractivity contribution in [3.05, 3.63) is 34.6 Å². The molecule has 1 aromatic carbocycles. The van der Waals surface area contributed by atoms with Gasteiger partial charge in [0.2, 0.25) is 0 Å². The molecule has 0 amide bonds. The van der Waals surface area contributed by atoms with Crippen LogP contribution >= 0.6 is 0 Å². The molecule has 0 bridgehead atoms. The summed E-state index contributed by atoms with van der Waals surface area (Å²) in [6.07, 6.45) is -4.98. The maximum Gasteiger partial charge on any atom is 0.419 e. The Morgan fingerprint density at radius 1 is 1.35 bits per heavy atom. The molecule has 0 aliphatic carbocycles. The summed E-state index contributed by atoms with van der Waals surface area (Å²) in [6.45, 7) is 1.15. The van der Waals surface area contributed by atoms with E-state index in [0.717, 1.165) is 19.1 Å². The smallest absolute Gasteiger partial charge is 0.419 e. The third-order valence-electron chi connectivity index (χ3n) is 2.26. The number of carboxylic acid groups (broad SMARTS) is 1. The second kappa shape index (κ2) is 4.73. The van der Waals surface area contributed by atoms with Gasteiger partial charge < -0.3 is 5.11 Å². The lowest BCUT2D eigenvalue weighted by Crippen LogP contribution is -2.11. The first-order chi connectivity index (χ1) is 7.71. The van der Waals surface area contributed by atoms with Crippen LogP contribution in [0.5, 0.6) is 0 Å². The second-order valence-electron chi connectivity index (χ2n) is 3.66. The first kappa shape index (κ1) is 13.5. The number of alkyl halides is 3.